The summed E-state index contributed by atoms with van der Waals surface area (Å²) < 4.78 is 5.53. The predicted molar refractivity (Wildman–Crippen MR) is 81.5 cm³/mol. The molecule has 0 aromatic carbocycles. The van der Waals surface area contributed by atoms with E-state index in [9.17, 15) is 0 Å². The molecular formula is C12H16IN3O. The van der Waals surface area contributed by atoms with Crippen molar-refractivity contribution < 1.29 is 4.74 Å². The van der Waals surface area contributed by atoms with Gasteiger partial charge in [0.05, 0.1) is 7.11 Å². The molecule has 0 aliphatic carbocycles. The van der Waals surface area contributed by atoms with Gasteiger partial charge in [0, 0.05) is 11.9 Å². The van der Waals surface area contributed by atoms with Crippen molar-refractivity contribution in [2.45, 2.75) is 0 Å². The first-order valence-electron chi connectivity index (χ1n) is 4.70. The van der Waals surface area contributed by atoms with Crippen LogP contribution in [-0.4, -0.2) is 10.8 Å². The smallest absolute Gasteiger partial charge is 0.183 e. The summed E-state index contributed by atoms with van der Waals surface area (Å²) in [6.07, 6.45) is 8.12. The molecule has 0 fully saturated rings. The molecule has 0 unspecified atom stereocenters. The molecule has 0 aliphatic rings. The van der Waals surface area contributed by atoms with Crippen LogP contribution in [0.5, 0.6) is 0 Å². The highest BCUT2D eigenvalue weighted by atomic mass is 127. The topological polar surface area (TPSA) is 73.6 Å². The summed E-state index contributed by atoms with van der Waals surface area (Å²) in [4.78, 5) is 3.98. The molecule has 4 N–H and O–H groups in total. The van der Waals surface area contributed by atoms with Crippen molar-refractivity contribution in [2.75, 3.05) is 7.11 Å². The highest BCUT2D eigenvalue weighted by molar-refractivity contribution is 14.1. The minimum Gasteiger partial charge on any atom is -0.483 e. The molecule has 0 saturated carbocycles. The average molecular weight is 345 g/mol. The molecule has 0 rings (SSSR count). The lowest BCUT2D eigenvalue weighted by Crippen LogP contribution is -2.02. The summed E-state index contributed by atoms with van der Waals surface area (Å²) in [5.74, 6) is 0.298. The lowest BCUT2D eigenvalue weighted by atomic mass is 10.1. The third-order valence-corrected chi connectivity index (χ3v) is 2.30. The third kappa shape index (κ3) is 6.62. The molecule has 0 saturated heterocycles. The Kier molecular flexibility index (Phi) is 7.87. The van der Waals surface area contributed by atoms with Gasteiger partial charge in [-0.05, 0) is 46.4 Å². The maximum absolute atomic E-state index is 5.88. The Labute approximate surface area is 115 Å². The molecule has 0 atom stereocenters. The SMILES string of the molecule is C=C\N=C(I)/C=C(N)/C(C=C)=C/C=C(\N)OC. The van der Waals surface area contributed by atoms with Crippen LogP contribution in [0.15, 0.2) is 65.8 Å². The summed E-state index contributed by atoms with van der Waals surface area (Å²) >= 11 is 2.05. The van der Waals surface area contributed by atoms with Gasteiger partial charge in [-0.1, -0.05) is 19.2 Å². The average Bonchev–Trinajstić information content (AvgIpc) is 2.29. The van der Waals surface area contributed by atoms with E-state index in [2.05, 4.69) is 40.7 Å². The van der Waals surface area contributed by atoms with E-state index in [0.29, 0.717) is 11.6 Å². The maximum Gasteiger partial charge on any atom is 0.183 e. The van der Waals surface area contributed by atoms with Crippen molar-refractivity contribution >= 4 is 26.3 Å². The Morgan fingerprint density at radius 1 is 1.29 bits per heavy atom. The van der Waals surface area contributed by atoms with Gasteiger partial charge in [0.25, 0.3) is 0 Å². The van der Waals surface area contributed by atoms with Crippen LogP contribution in [0.2, 0.25) is 0 Å². The van der Waals surface area contributed by atoms with Gasteiger partial charge in [0.1, 0.15) is 3.72 Å². The van der Waals surface area contributed by atoms with Crippen molar-refractivity contribution in [3.8, 4) is 0 Å². The number of methoxy groups -OCH3 is 1. The van der Waals surface area contributed by atoms with Crippen LogP contribution >= 0.6 is 22.6 Å². The molecular weight excluding hydrogens is 329 g/mol. The van der Waals surface area contributed by atoms with Gasteiger partial charge in [0.2, 0.25) is 0 Å². The summed E-state index contributed by atoms with van der Waals surface area (Å²) in [5, 5.41) is 0. The van der Waals surface area contributed by atoms with E-state index in [0.717, 1.165) is 9.29 Å². The quantitative estimate of drug-likeness (QED) is 0.336. The summed E-state index contributed by atoms with van der Waals surface area (Å²) in [7, 11) is 1.49. The van der Waals surface area contributed by atoms with Gasteiger partial charge in [0.15, 0.2) is 5.88 Å². The summed E-state index contributed by atoms with van der Waals surface area (Å²) in [5.41, 5.74) is 12.6. The molecule has 0 aromatic rings. The summed E-state index contributed by atoms with van der Waals surface area (Å²) in [6.45, 7) is 7.18. The van der Waals surface area contributed by atoms with Crippen LogP contribution in [0.3, 0.4) is 0 Å². The molecule has 92 valence electrons. The standard InChI is InChI=1S/C12H16IN3O/c1-4-9(6-7-12(15)17-3)10(14)8-11(13)16-5-2/h4-8H,1-2,14-15H2,3H3/b9-6+,10-8-,12-7+,16-11+. The van der Waals surface area contributed by atoms with Crippen molar-refractivity contribution in [2.24, 2.45) is 16.5 Å². The Hall–Kier alpha value is -1.50. The number of rotatable bonds is 6. The molecule has 0 spiro atoms. The minimum atomic E-state index is 0.298. The number of nitrogens with two attached hydrogens (primary N) is 2. The van der Waals surface area contributed by atoms with Crippen LogP contribution in [-0.2, 0) is 4.74 Å². The first kappa shape index (κ1) is 15.5. The second kappa shape index (κ2) is 8.63. The van der Waals surface area contributed by atoms with E-state index in [1.165, 1.54) is 13.3 Å². The monoisotopic (exact) mass is 345 g/mol. The molecule has 0 amide bonds. The van der Waals surface area contributed by atoms with Gasteiger partial charge < -0.3 is 16.2 Å². The fraction of sp³-hybridized carbons (Fsp3) is 0.0833. The molecule has 17 heavy (non-hydrogen) atoms. The number of hydrogen-bond donors (Lipinski definition) is 2. The van der Waals surface area contributed by atoms with E-state index in [4.69, 9.17) is 16.2 Å². The highest BCUT2D eigenvalue weighted by Crippen LogP contribution is 2.08. The molecule has 0 heterocycles. The first-order valence-corrected chi connectivity index (χ1v) is 5.78. The van der Waals surface area contributed by atoms with Gasteiger partial charge in [-0.25, -0.2) is 0 Å². The van der Waals surface area contributed by atoms with E-state index in [-0.39, 0.29) is 0 Å². The maximum atomic E-state index is 5.88. The van der Waals surface area contributed by atoms with E-state index in [1.807, 2.05) is 0 Å². The second-order valence-electron chi connectivity index (χ2n) is 2.83. The van der Waals surface area contributed by atoms with Crippen molar-refractivity contribution in [3.63, 3.8) is 0 Å². The number of aliphatic imine (C=N–C) groups is 1. The molecule has 4 nitrogen and oxygen atoms in total. The lowest BCUT2D eigenvalue weighted by molar-refractivity contribution is 0.287. The lowest BCUT2D eigenvalue weighted by Gasteiger charge is -2.01. The first-order chi connectivity index (χ1) is 8.04. The molecule has 0 radical (unpaired) electrons. The van der Waals surface area contributed by atoms with Crippen molar-refractivity contribution in [1.82, 2.24) is 0 Å². The predicted octanol–water partition coefficient (Wildman–Crippen LogP) is 2.36. The number of ether oxygens (including phenoxy) is 1. The molecule has 0 aliphatic heterocycles. The Morgan fingerprint density at radius 2 is 1.94 bits per heavy atom. The fourth-order valence-corrected chi connectivity index (χ4v) is 1.39. The van der Waals surface area contributed by atoms with Gasteiger partial charge >= 0.3 is 0 Å². The van der Waals surface area contributed by atoms with Gasteiger partial charge in [-0.2, -0.15) is 0 Å². The minimum absolute atomic E-state index is 0.298. The number of nitrogens with zero attached hydrogens (tertiary/aromatic N) is 1. The number of hydrogen-bond acceptors (Lipinski definition) is 4. The normalized spacial score (nSPS) is 14.5. The van der Waals surface area contributed by atoms with E-state index in [1.54, 1.807) is 24.3 Å². The Bertz CT molecular complexity index is 406. The van der Waals surface area contributed by atoms with E-state index < -0.39 is 0 Å². The zero-order valence-corrected chi connectivity index (χ0v) is 11.8. The van der Waals surface area contributed by atoms with Crippen molar-refractivity contribution in [1.29, 1.82) is 0 Å². The van der Waals surface area contributed by atoms with E-state index >= 15 is 0 Å². The molecule has 0 bridgehead atoms. The van der Waals surface area contributed by atoms with Crippen LogP contribution in [0, 0.1) is 0 Å². The van der Waals surface area contributed by atoms with Gasteiger partial charge in [-0.15, -0.1) is 0 Å². The second-order valence-corrected chi connectivity index (χ2v) is 3.94. The van der Waals surface area contributed by atoms with Crippen LogP contribution in [0.1, 0.15) is 0 Å². The fourth-order valence-electron chi connectivity index (χ4n) is 0.858. The Balaban J connectivity index is 5.08. The Morgan fingerprint density at radius 3 is 2.41 bits per heavy atom. The number of halogens is 1. The van der Waals surface area contributed by atoms with Crippen LogP contribution in [0.25, 0.3) is 0 Å². The van der Waals surface area contributed by atoms with Crippen LogP contribution < -0.4 is 11.5 Å². The van der Waals surface area contributed by atoms with Crippen molar-refractivity contribution in [3.05, 3.63) is 60.8 Å². The van der Waals surface area contributed by atoms with Crippen LogP contribution in [0.4, 0.5) is 0 Å². The highest BCUT2D eigenvalue weighted by Gasteiger charge is 1.97. The van der Waals surface area contributed by atoms with Gasteiger partial charge in [-0.3, -0.25) is 4.99 Å². The zero-order chi connectivity index (χ0) is 13.3. The summed E-state index contributed by atoms with van der Waals surface area (Å²) in [6, 6.07) is 0. The number of allylic oxidation sites excluding steroid dienone is 4. The third-order valence-electron chi connectivity index (χ3n) is 1.71. The zero-order valence-electron chi connectivity index (χ0n) is 9.69. The molecule has 0 aromatic heterocycles. The largest absolute Gasteiger partial charge is 0.483 e. The molecule has 5 heteroatoms.